The van der Waals surface area contributed by atoms with Crippen LogP contribution in [0.4, 0.5) is 0 Å². The van der Waals surface area contributed by atoms with Gasteiger partial charge in [0.05, 0.1) is 0 Å². The Morgan fingerprint density at radius 2 is 1.60 bits per heavy atom. The summed E-state index contributed by atoms with van der Waals surface area (Å²) in [6.45, 7) is -4.71. The predicted octanol–water partition coefficient (Wildman–Crippen LogP) is 9.84. The second-order valence-corrected chi connectivity index (χ2v) is 13.1. The molecule has 1 atom stereocenters. The Bertz CT molecular complexity index is 2800. The number of benzene rings is 5. The van der Waals surface area contributed by atoms with Gasteiger partial charge in [0.1, 0.15) is 0 Å². The monoisotopic (exact) mass is 809 g/mol. The fourth-order valence-corrected chi connectivity index (χ4v) is 8.03. The van der Waals surface area contributed by atoms with Crippen molar-refractivity contribution in [2.75, 3.05) is 0 Å². The van der Waals surface area contributed by atoms with Gasteiger partial charge in [0.15, 0.2) is 0 Å². The topological polar surface area (TPSA) is 36.9 Å². The van der Waals surface area contributed by atoms with Gasteiger partial charge in [0.2, 0.25) is 0 Å². The standard InChI is InChI=1S/C42H32N4O.Pt/c1-28-23-42(43-26-36(28)29-11-4-3-5-12-29)46-38-15-7-6-14-33(38)34-22-21-32(25-41(34)46)47-31-20-19-30-13-10-18-37(35(30)24-31)45-27-44(2)39-16-8-9-17-40(39)45;/h3-9,11-12,14-17,19-23,26,37H,10,13,18H2,1-2H3;/q-2;/i1D3,2D3;. The van der Waals surface area contributed by atoms with Gasteiger partial charge in [-0.05, 0) is 30.1 Å². The predicted molar refractivity (Wildman–Crippen MR) is 188 cm³/mol. The number of pyridine rings is 1. The molecule has 3 aromatic heterocycles. The van der Waals surface area contributed by atoms with Crippen molar-refractivity contribution in [3.05, 3.63) is 148 Å². The molecule has 8 aromatic rings. The normalized spacial score (nSPS) is 16.9. The average molecular weight is 810 g/mol. The van der Waals surface area contributed by atoms with Crippen LogP contribution >= 0.6 is 0 Å². The van der Waals surface area contributed by atoms with E-state index < -0.39 is 13.8 Å². The number of nitrogens with zero attached hydrogens (tertiary/aromatic N) is 4. The maximum absolute atomic E-state index is 8.42. The second kappa shape index (κ2) is 11.6. The van der Waals surface area contributed by atoms with Gasteiger partial charge in [-0.1, -0.05) is 48.5 Å². The molecule has 1 aliphatic rings. The Hall–Kier alpha value is -4.99. The quantitative estimate of drug-likeness (QED) is 0.163. The van der Waals surface area contributed by atoms with E-state index in [0.717, 1.165) is 57.8 Å². The van der Waals surface area contributed by atoms with E-state index in [0.29, 0.717) is 37.7 Å². The molecular weight excluding hydrogens is 772 g/mol. The summed E-state index contributed by atoms with van der Waals surface area (Å²) in [7, 11) is 0. The minimum atomic E-state index is -2.38. The van der Waals surface area contributed by atoms with Crippen LogP contribution < -0.4 is 4.74 Å². The Labute approximate surface area is 298 Å². The molecule has 0 N–H and O–H groups in total. The molecule has 0 saturated carbocycles. The first-order chi connectivity index (χ1) is 26.0. The summed E-state index contributed by atoms with van der Waals surface area (Å²) < 4.78 is 62.8. The SMILES string of the molecule is [2H]C([2H])([2H])c1cc(-n2c3[c-]c(Oc4[c-]c5c(cc4)CCCC5n4[c](=[Pt])n(C([2H])([2H])[2H])c5ccccc54)ccc3c3ccccc32)ncc1-c1ccccc1. The molecule has 0 amide bonds. The van der Waals surface area contributed by atoms with E-state index in [9.17, 15) is 0 Å². The first-order valence-corrected chi connectivity index (χ1v) is 17.0. The number of para-hydroxylation sites is 3. The van der Waals surface area contributed by atoms with Crippen LogP contribution in [0.15, 0.2) is 115 Å². The number of hydrogen-bond acceptors (Lipinski definition) is 2. The van der Waals surface area contributed by atoms with Gasteiger partial charge in [-0.15, -0.1) is 0 Å². The van der Waals surface area contributed by atoms with Crippen LogP contribution in [0.5, 0.6) is 11.5 Å². The zero-order valence-electron chi connectivity index (χ0n) is 31.7. The third kappa shape index (κ3) is 4.71. The van der Waals surface area contributed by atoms with Gasteiger partial charge < -0.3 is 0 Å². The molecule has 0 aliphatic heterocycles. The van der Waals surface area contributed by atoms with Gasteiger partial charge in [-0.2, -0.15) is 0 Å². The number of aryl methyl sites for hydroxylation is 3. The molecule has 0 fully saturated rings. The average Bonchev–Trinajstić information content (AvgIpc) is 3.65. The second-order valence-electron chi connectivity index (χ2n) is 12.1. The molecule has 0 spiro atoms. The van der Waals surface area contributed by atoms with Crippen molar-refractivity contribution in [1.82, 2.24) is 18.7 Å². The molecule has 0 saturated heterocycles. The van der Waals surface area contributed by atoms with Gasteiger partial charge in [0, 0.05) is 15.9 Å². The van der Waals surface area contributed by atoms with Crippen molar-refractivity contribution in [1.29, 1.82) is 0 Å². The fraction of sp³-hybridized carbons (Fsp3) is 0.143. The summed E-state index contributed by atoms with van der Waals surface area (Å²) in [6, 6.07) is 41.5. The van der Waals surface area contributed by atoms with Gasteiger partial charge in [0.25, 0.3) is 0 Å². The van der Waals surface area contributed by atoms with Crippen LogP contribution in [-0.4, -0.2) is 18.7 Å². The van der Waals surface area contributed by atoms with Crippen molar-refractivity contribution < 1.29 is 32.3 Å². The number of rotatable bonds is 5. The number of imidazole rings is 1. The maximum atomic E-state index is 8.42. The van der Waals surface area contributed by atoms with Gasteiger partial charge in [-0.25, -0.2) is 4.98 Å². The van der Waals surface area contributed by atoms with E-state index in [2.05, 4.69) is 42.1 Å². The van der Waals surface area contributed by atoms with E-state index in [-0.39, 0.29) is 11.6 Å². The van der Waals surface area contributed by atoms with Crippen LogP contribution in [0.3, 0.4) is 0 Å². The molecule has 3 heterocycles. The summed E-state index contributed by atoms with van der Waals surface area (Å²) in [5.41, 5.74) is 6.77. The van der Waals surface area contributed by atoms with Gasteiger partial charge >= 0.3 is 200 Å². The summed E-state index contributed by atoms with van der Waals surface area (Å²) in [5, 5.41) is 1.90. The minimum Gasteiger partial charge on any atom is -0.238 e. The number of fused-ring (bicyclic) bond motifs is 5. The minimum absolute atomic E-state index is 0.135. The van der Waals surface area contributed by atoms with E-state index in [1.54, 1.807) is 12.3 Å². The first kappa shape index (κ1) is 23.4. The molecule has 1 unspecified atom stereocenters. The zero-order valence-corrected chi connectivity index (χ0v) is 28.0. The fourth-order valence-electron chi connectivity index (χ4n) is 7.12. The van der Waals surface area contributed by atoms with E-state index in [4.69, 9.17) is 17.9 Å². The van der Waals surface area contributed by atoms with E-state index in [1.165, 1.54) is 4.57 Å². The molecule has 5 nitrogen and oxygen atoms in total. The number of ether oxygens (including phenoxy) is 1. The summed E-state index contributed by atoms with van der Waals surface area (Å²) in [6.07, 6.45) is 4.32. The van der Waals surface area contributed by atoms with Crippen LogP contribution in [0, 0.1) is 22.8 Å². The summed E-state index contributed by atoms with van der Waals surface area (Å²) in [4.78, 5) is 4.82. The molecule has 48 heavy (non-hydrogen) atoms. The molecular formula is C42H32N4OPt-2. The van der Waals surface area contributed by atoms with Crippen molar-refractivity contribution in [2.24, 2.45) is 6.98 Å². The molecule has 6 heteroatoms. The van der Waals surface area contributed by atoms with E-state index >= 15 is 0 Å². The Morgan fingerprint density at radius 3 is 2.46 bits per heavy atom. The van der Waals surface area contributed by atoms with Crippen LogP contribution in [0.2, 0.25) is 0 Å². The van der Waals surface area contributed by atoms with E-state index in [1.807, 2.05) is 102 Å². The zero-order chi connectivity index (χ0) is 37.4. The number of aromatic nitrogens is 4. The molecule has 5 aromatic carbocycles. The third-order valence-corrected chi connectivity index (χ3v) is 10.4. The molecule has 9 rings (SSSR count). The van der Waals surface area contributed by atoms with Gasteiger partial charge in [-0.3, -0.25) is 0 Å². The Morgan fingerprint density at radius 1 is 0.833 bits per heavy atom. The van der Waals surface area contributed by atoms with Crippen molar-refractivity contribution in [3.8, 4) is 28.4 Å². The summed E-state index contributed by atoms with van der Waals surface area (Å²) in [5.74, 6) is 1.45. The Kier molecular flexibility index (Phi) is 5.65. The molecule has 1 aliphatic carbocycles. The molecule has 0 bridgehead atoms. The third-order valence-electron chi connectivity index (χ3n) is 9.33. The van der Waals surface area contributed by atoms with Crippen molar-refractivity contribution in [3.63, 3.8) is 0 Å². The summed E-state index contributed by atoms with van der Waals surface area (Å²) >= 11 is 2.14. The Balaban J connectivity index is 1.14. The van der Waals surface area contributed by atoms with Crippen LogP contribution in [-0.2, 0) is 32.8 Å². The number of hydrogen-bond donors (Lipinski definition) is 0. The molecule has 238 valence electrons. The smallest absolute Gasteiger partial charge is 0.238 e. The first-order valence-electron chi connectivity index (χ1n) is 18.9. The van der Waals surface area contributed by atoms with Crippen molar-refractivity contribution >= 4 is 32.8 Å². The van der Waals surface area contributed by atoms with Crippen molar-refractivity contribution in [2.45, 2.75) is 32.2 Å². The van der Waals surface area contributed by atoms with Crippen LogP contribution in [0.25, 0.3) is 49.8 Å². The van der Waals surface area contributed by atoms with Crippen LogP contribution in [0.1, 0.15) is 43.8 Å². The molecule has 0 radical (unpaired) electrons.